The first kappa shape index (κ1) is 13.8. The zero-order chi connectivity index (χ0) is 15.0. The van der Waals surface area contributed by atoms with E-state index in [4.69, 9.17) is 10.5 Å². The van der Waals surface area contributed by atoms with Crippen LogP contribution >= 0.6 is 0 Å². The van der Waals surface area contributed by atoms with Crippen molar-refractivity contribution in [2.45, 2.75) is 24.9 Å². The van der Waals surface area contributed by atoms with Gasteiger partial charge in [0.1, 0.15) is 0 Å². The molecule has 1 fully saturated rings. The van der Waals surface area contributed by atoms with Crippen molar-refractivity contribution in [1.29, 1.82) is 0 Å². The standard InChI is InChI=1S/C15H17N3O3/c1-17-8-11(7-16)9-2-3-12-10(6-9)4-5-15(12)13(19)18-14(20)21-15/h2-3,6-8,14,20H,4-5,16H2,1H3,(H,18,19). The lowest BCUT2D eigenvalue weighted by Crippen LogP contribution is -2.34. The molecule has 1 aliphatic carbocycles. The molecule has 2 aliphatic rings. The third-order valence-electron chi connectivity index (χ3n) is 4.00. The predicted molar refractivity (Wildman–Crippen MR) is 78.3 cm³/mol. The van der Waals surface area contributed by atoms with Crippen LogP contribution in [0.3, 0.4) is 0 Å². The average molecular weight is 287 g/mol. The SMILES string of the molecule is CN=CC(=CN)c1ccc2c(c1)CCC21OC(O)NC1=O. The Morgan fingerprint density at radius 1 is 1.62 bits per heavy atom. The maximum absolute atomic E-state index is 12.1. The second kappa shape index (κ2) is 4.98. The third kappa shape index (κ3) is 2.03. The topological polar surface area (TPSA) is 96.9 Å². The minimum Gasteiger partial charge on any atom is -0.404 e. The molecule has 6 heteroatoms. The number of carbonyl (C=O) groups excluding carboxylic acids is 1. The Bertz CT molecular complexity index is 654. The minimum atomic E-state index is -1.24. The highest BCUT2D eigenvalue weighted by Gasteiger charge is 2.52. The van der Waals surface area contributed by atoms with Crippen molar-refractivity contribution < 1.29 is 14.6 Å². The van der Waals surface area contributed by atoms with E-state index in [2.05, 4.69) is 10.3 Å². The lowest BCUT2D eigenvalue weighted by Gasteiger charge is -2.20. The normalized spacial score (nSPS) is 28.4. The Hall–Kier alpha value is -2.18. The number of ether oxygens (including phenoxy) is 1. The summed E-state index contributed by atoms with van der Waals surface area (Å²) >= 11 is 0. The molecule has 1 saturated heterocycles. The fraction of sp³-hybridized carbons (Fsp3) is 0.333. The van der Waals surface area contributed by atoms with E-state index in [9.17, 15) is 9.90 Å². The van der Waals surface area contributed by atoms with Crippen LogP contribution in [0.2, 0.25) is 0 Å². The minimum absolute atomic E-state index is 0.286. The molecule has 110 valence electrons. The number of amides is 1. The fourth-order valence-electron chi connectivity index (χ4n) is 3.03. The van der Waals surface area contributed by atoms with E-state index < -0.39 is 12.0 Å². The van der Waals surface area contributed by atoms with Gasteiger partial charge in [-0.3, -0.25) is 9.79 Å². The maximum Gasteiger partial charge on any atom is 0.260 e. The number of nitrogens with two attached hydrogens (primary N) is 1. The van der Waals surface area contributed by atoms with Crippen LogP contribution in [0.1, 0.15) is 23.1 Å². The van der Waals surface area contributed by atoms with Crippen molar-refractivity contribution in [3.63, 3.8) is 0 Å². The van der Waals surface area contributed by atoms with Gasteiger partial charge in [0.25, 0.3) is 5.91 Å². The number of hydrogen-bond acceptors (Lipinski definition) is 5. The molecule has 0 aromatic heterocycles. The number of nitrogens with one attached hydrogen (secondary N) is 1. The molecule has 1 spiro atoms. The molecule has 1 heterocycles. The lowest BCUT2D eigenvalue weighted by atomic mass is 9.93. The molecule has 6 nitrogen and oxygen atoms in total. The first-order valence-corrected chi connectivity index (χ1v) is 6.75. The molecule has 2 atom stereocenters. The number of aliphatic imine (C=N–C) groups is 1. The largest absolute Gasteiger partial charge is 0.404 e. The van der Waals surface area contributed by atoms with E-state index in [0.29, 0.717) is 12.8 Å². The van der Waals surface area contributed by atoms with Crippen LogP contribution < -0.4 is 11.1 Å². The number of allylic oxidation sites excluding steroid dienone is 1. The van der Waals surface area contributed by atoms with Crippen LogP contribution in [-0.2, 0) is 21.6 Å². The highest BCUT2D eigenvalue weighted by Crippen LogP contribution is 2.43. The number of aliphatic hydroxyl groups excluding tert-OH is 1. The Balaban J connectivity index is 2.02. The van der Waals surface area contributed by atoms with Gasteiger partial charge in [0.05, 0.1) is 0 Å². The van der Waals surface area contributed by atoms with Gasteiger partial charge in [0.2, 0.25) is 6.41 Å². The molecule has 1 aromatic rings. The van der Waals surface area contributed by atoms with Crippen molar-refractivity contribution in [3.8, 4) is 0 Å². The molecule has 0 bridgehead atoms. The molecule has 0 radical (unpaired) electrons. The molecule has 0 saturated carbocycles. The highest BCUT2D eigenvalue weighted by molar-refractivity contribution is 6.09. The molecule has 1 aromatic carbocycles. The second-order valence-electron chi connectivity index (χ2n) is 5.15. The quantitative estimate of drug-likeness (QED) is 0.679. The average Bonchev–Trinajstić information content (AvgIpc) is 2.97. The zero-order valence-corrected chi connectivity index (χ0v) is 11.7. The summed E-state index contributed by atoms with van der Waals surface area (Å²) < 4.78 is 5.45. The van der Waals surface area contributed by atoms with Gasteiger partial charge in [-0.2, -0.15) is 0 Å². The van der Waals surface area contributed by atoms with Gasteiger partial charge in [-0.05, 0) is 29.5 Å². The number of nitrogens with zero attached hydrogens (tertiary/aromatic N) is 1. The molecule has 1 amide bonds. The monoisotopic (exact) mass is 287 g/mol. The van der Waals surface area contributed by atoms with Crippen LogP contribution in [-0.4, -0.2) is 30.7 Å². The molecule has 2 unspecified atom stereocenters. The van der Waals surface area contributed by atoms with Crippen LogP contribution in [0.4, 0.5) is 0 Å². The van der Waals surface area contributed by atoms with Crippen molar-refractivity contribution in [2.75, 3.05) is 7.05 Å². The summed E-state index contributed by atoms with van der Waals surface area (Å²) in [5, 5.41) is 11.9. The Morgan fingerprint density at radius 2 is 2.43 bits per heavy atom. The summed E-state index contributed by atoms with van der Waals surface area (Å²) in [7, 11) is 1.68. The fourth-order valence-corrected chi connectivity index (χ4v) is 3.03. The van der Waals surface area contributed by atoms with E-state index >= 15 is 0 Å². The van der Waals surface area contributed by atoms with Crippen molar-refractivity contribution in [3.05, 3.63) is 41.1 Å². The van der Waals surface area contributed by atoms with E-state index in [1.54, 1.807) is 13.3 Å². The van der Waals surface area contributed by atoms with Crippen LogP contribution in [0.25, 0.3) is 5.57 Å². The van der Waals surface area contributed by atoms with Crippen LogP contribution in [0.5, 0.6) is 0 Å². The number of fused-ring (bicyclic) bond motifs is 2. The van der Waals surface area contributed by atoms with Crippen molar-refractivity contribution >= 4 is 17.7 Å². The van der Waals surface area contributed by atoms with Gasteiger partial charge in [-0.25, -0.2) is 0 Å². The number of aryl methyl sites for hydroxylation is 1. The van der Waals surface area contributed by atoms with Gasteiger partial charge in [0, 0.05) is 25.0 Å². The van der Waals surface area contributed by atoms with Gasteiger partial charge >= 0.3 is 0 Å². The first-order valence-electron chi connectivity index (χ1n) is 6.75. The predicted octanol–water partition coefficient (Wildman–Crippen LogP) is 0.251. The molecular weight excluding hydrogens is 270 g/mol. The summed E-state index contributed by atoms with van der Waals surface area (Å²) in [5.41, 5.74) is 8.16. The number of benzene rings is 1. The van der Waals surface area contributed by atoms with E-state index in [0.717, 1.165) is 22.3 Å². The number of carbonyl (C=O) groups is 1. The van der Waals surface area contributed by atoms with E-state index in [1.807, 2.05) is 18.2 Å². The number of rotatable bonds is 2. The molecule has 21 heavy (non-hydrogen) atoms. The zero-order valence-electron chi connectivity index (χ0n) is 11.7. The van der Waals surface area contributed by atoms with E-state index in [-0.39, 0.29) is 5.91 Å². The smallest absolute Gasteiger partial charge is 0.260 e. The Morgan fingerprint density at radius 3 is 3.05 bits per heavy atom. The van der Waals surface area contributed by atoms with Crippen LogP contribution in [0.15, 0.2) is 29.4 Å². The summed E-state index contributed by atoms with van der Waals surface area (Å²) in [5.74, 6) is -0.286. The second-order valence-corrected chi connectivity index (χ2v) is 5.15. The third-order valence-corrected chi connectivity index (χ3v) is 4.00. The van der Waals surface area contributed by atoms with Gasteiger partial charge in [-0.15, -0.1) is 0 Å². The molecule has 4 N–H and O–H groups in total. The molecule has 1 aliphatic heterocycles. The number of aliphatic hydroxyl groups is 1. The molecule has 3 rings (SSSR count). The van der Waals surface area contributed by atoms with Gasteiger partial charge in [-0.1, -0.05) is 18.2 Å². The van der Waals surface area contributed by atoms with Gasteiger partial charge in [0.15, 0.2) is 5.60 Å². The Labute approximate surface area is 122 Å². The summed E-state index contributed by atoms with van der Waals surface area (Å²) in [6, 6.07) is 5.74. The lowest BCUT2D eigenvalue weighted by molar-refractivity contribution is -0.155. The first-order chi connectivity index (χ1) is 10.1. The van der Waals surface area contributed by atoms with Crippen molar-refractivity contribution in [1.82, 2.24) is 5.32 Å². The highest BCUT2D eigenvalue weighted by atomic mass is 16.7. The van der Waals surface area contributed by atoms with Crippen LogP contribution in [0, 0.1) is 0 Å². The number of hydrogen-bond donors (Lipinski definition) is 3. The van der Waals surface area contributed by atoms with E-state index in [1.165, 1.54) is 6.20 Å². The summed E-state index contributed by atoms with van der Waals surface area (Å²) in [4.78, 5) is 16.1. The van der Waals surface area contributed by atoms with Crippen molar-refractivity contribution in [2.24, 2.45) is 10.7 Å². The maximum atomic E-state index is 12.1. The summed E-state index contributed by atoms with van der Waals surface area (Å²) in [6.07, 6.45) is 3.19. The summed E-state index contributed by atoms with van der Waals surface area (Å²) in [6.45, 7) is 0. The Kier molecular flexibility index (Phi) is 3.27. The molecular formula is C15H17N3O3. The van der Waals surface area contributed by atoms with Gasteiger partial charge < -0.3 is 20.9 Å².